The fourth-order valence-electron chi connectivity index (χ4n) is 2.09. The summed E-state index contributed by atoms with van der Waals surface area (Å²) in [6.07, 6.45) is 8.74. The molecule has 0 aliphatic carbocycles. The Bertz CT molecular complexity index is 924. The Labute approximate surface area is 243 Å². The summed E-state index contributed by atoms with van der Waals surface area (Å²) in [5.74, 6) is 4.52. The van der Waals surface area contributed by atoms with Gasteiger partial charge in [0, 0.05) is 22.0 Å². The summed E-state index contributed by atoms with van der Waals surface area (Å²) in [6.45, 7) is 17.6. The zero-order chi connectivity index (χ0) is 29.9. The lowest BCUT2D eigenvalue weighted by atomic mass is 10.2. The number of hydrazone groups is 1. The number of nitrogens with zero attached hydrogens (tertiary/aromatic N) is 1. The number of aliphatic hydroxyl groups excluding tert-OH is 1. The molecule has 0 aliphatic heterocycles. The molecule has 1 atom stereocenters. The van der Waals surface area contributed by atoms with E-state index in [0.717, 1.165) is 10.5 Å². The number of thiol groups is 1. The highest BCUT2D eigenvalue weighted by atomic mass is 79.9. The van der Waals surface area contributed by atoms with Gasteiger partial charge in [0.2, 0.25) is 0 Å². The lowest BCUT2D eigenvalue weighted by Crippen LogP contribution is -2.24. The van der Waals surface area contributed by atoms with Gasteiger partial charge in [-0.2, -0.15) is 5.10 Å². The van der Waals surface area contributed by atoms with Gasteiger partial charge in [0.15, 0.2) is 11.6 Å². The van der Waals surface area contributed by atoms with Crippen molar-refractivity contribution in [3.8, 4) is 5.75 Å². The zero-order valence-electron chi connectivity index (χ0n) is 24.0. The second kappa shape index (κ2) is 27.6. The van der Waals surface area contributed by atoms with E-state index < -0.39 is 11.9 Å². The molecule has 1 unspecified atom stereocenters. The van der Waals surface area contributed by atoms with Crippen molar-refractivity contribution in [3.63, 3.8) is 0 Å². The van der Waals surface area contributed by atoms with E-state index in [1.54, 1.807) is 0 Å². The first-order valence-corrected chi connectivity index (χ1v) is 13.6. The first-order valence-electron chi connectivity index (χ1n) is 12.4. The molecule has 2 rings (SSSR count). The molecule has 0 heterocycles. The van der Waals surface area contributed by atoms with E-state index in [1.165, 1.54) is 31.0 Å². The Morgan fingerprint density at radius 2 is 1.76 bits per heavy atom. The summed E-state index contributed by atoms with van der Waals surface area (Å²) in [5.41, 5.74) is 2.87. The van der Waals surface area contributed by atoms with Crippen molar-refractivity contribution in [1.82, 2.24) is 0 Å². The van der Waals surface area contributed by atoms with Crippen LogP contribution in [0, 0.1) is 12.7 Å². The minimum Gasteiger partial charge on any atom is -0.488 e. The van der Waals surface area contributed by atoms with Crippen molar-refractivity contribution in [2.45, 2.75) is 59.5 Å². The average molecular weight is 614 g/mol. The van der Waals surface area contributed by atoms with Crippen LogP contribution >= 0.6 is 28.6 Å². The maximum Gasteiger partial charge on any atom is 0.165 e. The van der Waals surface area contributed by atoms with Gasteiger partial charge < -0.3 is 20.4 Å². The minimum absolute atomic E-state index is 0.0562. The number of ether oxygens (including phenoxy) is 2. The van der Waals surface area contributed by atoms with Gasteiger partial charge in [-0.15, -0.1) is 12.6 Å². The predicted molar refractivity (Wildman–Crippen MR) is 169 cm³/mol. The Morgan fingerprint density at radius 1 is 1.18 bits per heavy atom. The molecular formula is C30H46BrFN2O3S. The lowest BCUT2D eigenvalue weighted by molar-refractivity contribution is 0.0155. The first-order chi connectivity index (χ1) is 18.2. The summed E-state index contributed by atoms with van der Waals surface area (Å²) in [4.78, 5) is 1.02. The molecule has 3 N–H and O–H groups in total. The summed E-state index contributed by atoms with van der Waals surface area (Å²) in [7, 11) is 1.44. The van der Waals surface area contributed by atoms with Crippen molar-refractivity contribution in [1.29, 1.82) is 0 Å². The molecule has 0 aromatic heterocycles. The number of nitrogens with two attached hydrogens (primary N) is 1. The third-order valence-electron chi connectivity index (χ3n) is 3.94. The van der Waals surface area contributed by atoms with Gasteiger partial charge in [-0.3, -0.25) is 0 Å². The molecule has 8 heteroatoms. The van der Waals surface area contributed by atoms with E-state index in [1.807, 2.05) is 90.1 Å². The number of hydrogen-bond acceptors (Lipinski definition) is 6. The highest BCUT2D eigenvalue weighted by Crippen LogP contribution is 2.26. The third-order valence-corrected chi connectivity index (χ3v) is 4.93. The van der Waals surface area contributed by atoms with Crippen LogP contribution in [-0.4, -0.2) is 37.7 Å². The van der Waals surface area contributed by atoms with Crippen molar-refractivity contribution in [3.05, 3.63) is 94.3 Å². The number of methoxy groups -OCH3 is 1. The standard InChI is InChI=1S/C11H14BrFN2O3.C8H12.C7H8S.2C2H6/c1-17-8(5-16)6-18-11-3-9(12)7(4-15-14)2-10(11)13;1-4-5-6-7-8(2)3;1-6-2-4-7(8)5-3-6;2*1-2/h2-4,8,16H,5-6,14H2,1H3;4-7H,2H2,1,3H3;2-5,8H,1H3;2*1-2H3/b15-4+;5-4-,7-6-;;;. The number of hydrogen-bond donors (Lipinski definition) is 3. The summed E-state index contributed by atoms with van der Waals surface area (Å²) in [5, 5.41) is 12.2. The molecule has 0 radical (unpaired) electrons. The molecule has 0 fully saturated rings. The van der Waals surface area contributed by atoms with E-state index in [-0.39, 0.29) is 19.0 Å². The first kappa shape index (κ1) is 40.1. The number of halogens is 2. The van der Waals surface area contributed by atoms with Gasteiger partial charge in [-0.05, 0) is 61.0 Å². The maximum absolute atomic E-state index is 13.7. The Morgan fingerprint density at radius 3 is 2.18 bits per heavy atom. The molecule has 0 saturated heterocycles. The van der Waals surface area contributed by atoms with E-state index in [0.29, 0.717) is 10.0 Å². The van der Waals surface area contributed by atoms with Crippen LogP contribution in [0.15, 0.2) is 87.3 Å². The fourth-order valence-corrected chi connectivity index (χ4v) is 2.66. The SMILES string of the molecule is C=C(C)/C=C\C=C/C.CC.CC.COC(CO)COc1cc(Br)c(/C=N/N)cc1F.Cc1ccc(S)cc1. The van der Waals surface area contributed by atoms with Crippen LogP contribution in [0.25, 0.3) is 0 Å². The molecule has 0 bridgehead atoms. The second-order valence-electron chi connectivity index (χ2n) is 7.00. The predicted octanol–water partition coefficient (Wildman–Crippen LogP) is 8.30. The van der Waals surface area contributed by atoms with Gasteiger partial charge in [-0.25, -0.2) is 4.39 Å². The van der Waals surface area contributed by atoms with Crippen LogP contribution < -0.4 is 10.6 Å². The van der Waals surface area contributed by atoms with Crippen molar-refractivity contribution in [2.75, 3.05) is 20.3 Å². The summed E-state index contributed by atoms with van der Waals surface area (Å²) >= 11 is 7.38. The van der Waals surface area contributed by atoms with E-state index >= 15 is 0 Å². The van der Waals surface area contributed by atoms with Crippen LogP contribution in [0.4, 0.5) is 4.39 Å². The van der Waals surface area contributed by atoms with E-state index in [4.69, 9.17) is 20.4 Å². The highest BCUT2D eigenvalue weighted by molar-refractivity contribution is 9.10. The number of rotatable bonds is 8. The van der Waals surface area contributed by atoms with Crippen LogP contribution in [0.1, 0.15) is 52.7 Å². The molecule has 2 aromatic rings. The Hall–Kier alpha value is -2.39. The molecule has 2 aromatic carbocycles. The molecule has 0 saturated carbocycles. The number of aliphatic hydroxyl groups is 1. The van der Waals surface area contributed by atoms with Gasteiger partial charge in [0.05, 0.1) is 12.8 Å². The van der Waals surface area contributed by atoms with Crippen LogP contribution in [0.2, 0.25) is 0 Å². The fraction of sp³-hybridized carbons (Fsp3) is 0.367. The number of allylic oxidation sites excluding steroid dienone is 5. The number of aryl methyl sites for hydroxylation is 1. The smallest absolute Gasteiger partial charge is 0.165 e. The van der Waals surface area contributed by atoms with Gasteiger partial charge >= 0.3 is 0 Å². The van der Waals surface area contributed by atoms with E-state index in [2.05, 4.69) is 47.2 Å². The minimum atomic E-state index is -0.541. The van der Waals surface area contributed by atoms with Crippen LogP contribution in [0.3, 0.4) is 0 Å². The Kier molecular flexibility index (Phi) is 29.2. The molecule has 38 heavy (non-hydrogen) atoms. The largest absolute Gasteiger partial charge is 0.488 e. The van der Waals surface area contributed by atoms with E-state index in [9.17, 15) is 4.39 Å². The summed E-state index contributed by atoms with van der Waals surface area (Å²) in [6, 6.07) is 10.8. The zero-order valence-corrected chi connectivity index (χ0v) is 26.5. The van der Waals surface area contributed by atoms with Gasteiger partial charge in [-0.1, -0.05) is 81.8 Å². The number of benzene rings is 2. The van der Waals surface area contributed by atoms with Gasteiger partial charge in [0.25, 0.3) is 0 Å². The lowest BCUT2D eigenvalue weighted by Gasteiger charge is -2.14. The summed E-state index contributed by atoms with van der Waals surface area (Å²) < 4.78 is 24.4. The normalized spacial score (nSPS) is 10.7. The van der Waals surface area contributed by atoms with Crippen molar-refractivity contribution >= 4 is 34.8 Å². The molecule has 214 valence electrons. The topological polar surface area (TPSA) is 77.1 Å². The van der Waals surface area contributed by atoms with Crippen LogP contribution in [-0.2, 0) is 4.74 Å². The van der Waals surface area contributed by atoms with Crippen molar-refractivity contribution < 1.29 is 19.0 Å². The quantitative estimate of drug-likeness (QED) is 0.0921. The molecule has 0 aliphatic rings. The monoisotopic (exact) mass is 612 g/mol. The maximum atomic E-state index is 13.7. The molecule has 5 nitrogen and oxygen atoms in total. The molecular weight excluding hydrogens is 567 g/mol. The van der Waals surface area contributed by atoms with Gasteiger partial charge in [0.1, 0.15) is 12.7 Å². The Balaban J connectivity index is -0.000000509. The third kappa shape index (κ3) is 21.7. The molecule has 0 amide bonds. The highest BCUT2D eigenvalue weighted by Gasteiger charge is 2.12. The van der Waals surface area contributed by atoms with Crippen LogP contribution in [0.5, 0.6) is 5.75 Å². The average Bonchev–Trinajstić information content (AvgIpc) is 2.92. The van der Waals surface area contributed by atoms with Crippen molar-refractivity contribution in [2.24, 2.45) is 10.9 Å². The second-order valence-corrected chi connectivity index (χ2v) is 8.37. The molecule has 0 spiro atoms.